The van der Waals surface area contributed by atoms with E-state index in [1.165, 1.54) is 32.4 Å². The molecule has 0 spiro atoms. The molecule has 3 aromatic rings. The van der Waals surface area contributed by atoms with Crippen molar-refractivity contribution in [3.8, 4) is 5.95 Å². The van der Waals surface area contributed by atoms with Gasteiger partial charge in [0.15, 0.2) is 0 Å². The zero-order chi connectivity index (χ0) is 21.0. The second-order valence-corrected chi connectivity index (χ2v) is 8.15. The smallest absolute Gasteiger partial charge is 0.345 e. The van der Waals surface area contributed by atoms with Gasteiger partial charge in [-0.3, -0.25) is 0 Å². The minimum atomic E-state index is -3.98. The van der Waals surface area contributed by atoms with Gasteiger partial charge >= 0.3 is 11.9 Å². The van der Waals surface area contributed by atoms with Crippen LogP contribution in [0.25, 0.3) is 0 Å². The fraction of sp³-hybridized carbons (Fsp3) is 0.190. The summed E-state index contributed by atoms with van der Waals surface area (Å²) in [5, 5.41) is 0. The fourth-order valence-electron chi connectivity index (χ4n) is 2.76. The highest BCUT2D eigenvalue weighted by Crippen LogP contribution is 2.34. The summed E-state index contributed by atoms with van der Waals surface area (Å²) >= 11 is 0. The van der Waals surface area contributed by atoms with E-state index in [0.29, 0.717) is 0 Å². The van der Waals surface area contributed by atoms with E-state index in [2.05, 4.69) is 0 Å². The van der Waals surface area contributed by atoms with Gasteiger partial charge < -0.3 is 13.9 Å². The number of carbonyl (C=O) groups excluding carboxylic acids is 1. The van der Waals surface area contributed by atoms with Crippen LogP contribution in [-0.2, 0) is 21.3 Å². The van der Waals surface area contributed by atoms with Crippen molar-refractivity contribution < 1.29 is 27.1 Å². The van der Waals surface area contributed by atoms with E-state index in [1.807, 2.05) is 25.1 Å². The van der Waals surface area contributed by atoms with Crippen LogP contribution in [0.2, 0.25) is 0 Å². The summed E-state index contributed by atoms with van der Waals surface area (Å²) in [6, 6.07) is 16.9. The summed E-state index contributed by atoms with van der Waals surface area (Å²) in [5.41, 5.74) is 1.69. The van der Waals surface area contributed by atoms with Gasteiger partial charge in [0, 0.05) is 6.07 Å². The third-order valence-corrected chi connectivity index (χ3v) is 6.06. The molecule has 0 bridgehead atoms. The average Bonchev–Trinajstić information content (AvgIpc) is 3.16. The Bertz CT molecular complexity index is 1090. The van der Waals surface area contributed by atoms with Crippen LogP contribution in [0.1, 0.15) is 21.5 Å². The Balaban J connectivity index is 2.12. The van der Waals surface area contributed by atoms with E-state index in [-0.39, 0.29) is 28.8 Å². The van der Waals surface area contributed by atoms with E-state index < -0.39 is 16.0 Å². The Morgan fingerprint density at radius 1 is 1.03 bits per heavy atom. The third kappa shape index (κ3) is 4.27. The highest BCUT2D eigenvalue weighted by atomic mass is 32.2. The lowest BCUT2D eigenvalue weighted by Gasteiger charge is -2.22. The molecule has 8 heteroatoms. The largest absolute Gasteiger partial charge is 0.468 e. The van der Waals surface area contributed by atoms with E-state index in [0.717, 1.165) is 15.4 Å². The predicted octanol–water partition coefficient (Wildman–Crippen LogP) is 3.78. The number of anilines is 1. The van der Waals surface area contributed by atoms with E-state index in [1.54, 1.807) is 24.3 Å². The van der Waals surface area contributed by atoms with Crippen LogP contribution >= 0.6 is 0 Å². The number of aryl methyl sites for hydroxylation is 1. The molecule has 7 nitrogen and oxygen atoms in total. The molecule has 0 radical (unpaired) electrons. The van der Waals surface area contributed by atoms with Crippen LogP contribution < -0.4 is 9.04 Å². The molecule has 3 rings (SSSR count). The molecule has 0 unspecified atom stereocenters. The predicted molar refractivity (Wildman–Crippen MR) is 108 cm³/mol. The maximum Gasteiger partial charge on any atom is 0.345 e. The van der Waals surface area contributed by atoms with Gasteiger partial charge in [-0.15, -0.1) is 0 Å². The van der Waals surface area contributed by atoms with Gasteiger partial charge in [-0.05, 0) is 24.6 Å². The molecule has 1 heterocycles. The number of furan rings is 1. The van der Waals surface area contributed by atoms with Crippen molar-refractivity contribution in [1.82, 2.24) is 0 Å². The summed E-state index contributed by atoms with van der Waals surface area (Å²) in [5.74, 6) is -0.861. The summed E-state index contributed by atoms with van der Waals surface area (Å²) in [6.45, 7) is 1.88. The van der Waals surface area contributed by atoms with Crippen molar-refractivity contribution in [1.29, 1.82) is 0 Å². The lowest BCUT2D eigenvalue weighted by Crippen LogP contribution is -2.30. The van der Waals surface area contributed by atoms with Crippen LogP contribution in [0.4, 0.5) is 5.88 Å². The quantitative estimate of drug-likeness (QED) is 0.546. The number of hydrogen-bond acceptors (Lipinski definition) is 6. The molecule has 0 aliphatic heterocycles. The number of nitrogens with zero attached hydrogens (tertiary/aromatic N) is 1. The molecule has 0 aliphatic rings. The summed E-state index contributed by atoms with van der Waals surface area (Å²) in [7, 11) is -1.44. The maximum atomic E-state index is 13.4. The zero-order valence-electron chi connectivity index (χ0n) is 16.3. The molecule has 0 atom stereocenters. The van der Waals surface area contributed by atoms with Gasteiger partial charge in [0.1, 0.15) is 5.56 Å². The molecule has 0 amide bonds. The maximum absolute atomic E-state index is 13.4. The Kier molecular flexibility index (Phi) is 5.93. The molecular weight excluding hydrogens is 394 g/mol. The van der Waals surface area contributed by atoms with Crippen molar-refractivity contribution in [2.45, 2.75) is 18.4 Å². The number of carbonyl (C=O) groups is 1. The van der Waals surface area contributed by atoms with E-state index >= 15 is 0 Å². The first-order chi connectivity index (χ1) is 13.9. The molecule has 2 aromatic carbocycles. The van der Waals surface area contributed by atoms with Crippen molar-refractivity contribution in [2.24, 2.45) is 0 Å². The first-order valence-electron chi connectivity index (χ1n) is 8.76. The monoisotopic (exact) mass is 415 g/mol. The highest BCUT2D eigenvalue weighted by molar-refractivity contribution is 7.92. The number of benzene rings is 2. The van der Waals surface area contributed by atoms with Crippen molar-refractivity contribution >= 4 is 21.9 Å². The zero-order valence-corrected chi connectivity index (χ0v) is 17.1. The SMILES string of the molecule is COC(=O)c1cc(N(Cc2ccccc2)S(=O)(=O)c2ccc(C)cc2)oc1OC. The van der Waals surface area contributed by atoms with Crippen LogP contribution in [0.5, 0.6) is 5.95 Å². The molecule has 1 aromatic heterocycles. The number of esters is 1. The van der Waals surface area contributed by atoms with Crippen LogP contribution in [-0.4, -0.2) is 28.6 Å². The van der Waals surface area contributed by atoms with Gasteiger partial charge in [-0.2, -0.15) is 0 Å². The Morgan fingerprint density at radius 2 is 1.69 bits per heavy atom. The number of hydrogen-bond donors (Lipinski definition) is 0. The lowest BCUT2D eigenvalue weighted by molar-refractivity contribution is 0.0594. The molecule has 29 heavy (non-hydrogen) atoms. The van der Waals surface area contributed by atoms with E-state index in [4.69, 9.17) is 13.9 Å². The molecule has 0 aliphatic carbocycles. The summed E-state index contributed by atoms with van der Waals surface area (Å²) in [4.78, 5) is 12.1. The summed E-state index contributed by atoms with van der Waals surface area (Å²) < 4.78 is 43.3. The average molecular weight is 415 g/mol. The van der Waals surface area contributed by atoms with E-state index in [9.17, 15) is 13.2 Å². The minimum Gasteiger partial charge on any atom is -0.468 e. The van der Waals surface area contributed by atoms with Gasteiger partial charge in [0.2, 0.25) is 5.88 Å². The van der Waals surface area contributed by atoms with Crippen LogP contribution in [0, 0.1) is 6.92 Å². The number of rotatable bonds is 7. The summed E-state index contributed by atoms with van der Waals surface area (Å²) in [6.07, 6.45) is 0. The van der Waals surface area contributed by atoms with Gasteiger partial charge in [-0.1, -0.05) is 48.0 Å². The molecular formula is C21H21NO6S. The highest BCUT2D eigenvalue weighted by Gasteiger charge is 2.31. The molecule has 0 fully saturated rings. The topological polar surface area (TPSA) is 86.0 Å². The lowest BCUT2D eigenvalue weighted by atomic mass is 10.2. The van der Waals surface area contributed by atoms with Crippen LogP contribution in [0.3, 0.4) is 0 Å². The number of ether oxygens (including phenoxy) is 2. The Morgan fingerprint density at radius 3 is 2.28 bits per heavy atom. The standard InChI is InChI=1S/C21H21NO6S/c1-15-9-11-17(12-10-15)29(24,25)22(14-16-7-5-4-6-8-16)19-13-18(20(23)26-2)21(27-3)28-19/h4-13H,14H2,1-3H3. The Labute approximate surface area is 169 Å². The van der Waals surface area contributed by atoms with Crippen molar-refractivity contribution in [3.05, 3.63) is 77.4 Å². The second kappa shape index (κ2) is 8.40. The van der Waals surface area contributed by atoms with Gasteiger partial charge in [-0.25, -0.2) is 17.5 Å². The fourth-order valence-corrected chi connectivity index (χ4v) is 4.14. The molecule has 0 N–H and O–H groups in total. The first-order valence-corrected chi connectivity index (χ1v) is 10.2. The van der Waals surface area contributed by atoms with Gasteiger partial charge in [0.05, 0.1) is 25.7 Å². The molecule has 0 saturated carbocycles. The number of sulfonamides is 1. The normalized spacial score (nSPS) is 11.1. The number of methoxy groups -OCH3 is 2. The molecule has 0 saturated heterocycles. The van der Waals surface area contributed by atoms with Crippen LogP contribution in [0.15, 0.2) is 70.0 Å². The Hall–Kier alpha value is -3.26. The third-order valence-electron chi connectivity index (χ3n) is 4.30. The first kappa shape index (κ1) is 20.5. The second-order valence-electron chi connectivity index (χ2n) is 6.29. The molecule has 152 valence electrons. The van der Waals surface area contributed by atoms with Gasteiger partial charge in [0.25, 0.3) is 10.0 Å². The minimum absolute atomic E-state index is 0.00201. The van der Waals surface area contributed by atoms with Crippen molar-refractivity contribution in [2.75, 3.05) is 18.5 Å². The van der Waals surface area contributed by atoms with Crippen molar-refractivity contribution in [3.63, 3.8) is 0 Å².